The predicted octanol–water partition coefficient (Wildman–Crippen LogP) is 1.14. The molecule has 0 spiro atoms. The molecule has 17 heavy (non-hydrogen) atoms. The van der Waals surface area contributed by atoms with Crippen molar-refractivity contribution >= 4 is 23.4 Å². The Morgan fingerprint density at radius 1 is 1.29 bits per heavy atom. The van der Waals surface area contributed by atoms with Crippen LogP contribution < -0.4 is 10.8 Å². The number of carbonyl (C=O) groups is 2. The van der Waals surface area contributed by atoms with Gasteiger partial charge in [-0.05, 0) is 31.2 Å². The van der Waals surface area contributed by atoms with Crippen molar-refractivity contribution in [2.75, 3.05) is 13.2 Å². The Kier molecular flexibility index (Phi) is 5.45. The van der Waals surface area contributed by atoms with Gasteiger partial charge in [-0.3, -0.25) is 14.4 Å². The molecule has 1 rings (SSSR count). The minimum absolute atomic E-state index is 0.137. The molecule has 0 saturated heterocycles. The molecule has 0 heterocycles. The summed E-state index contributed by atoms with van der Waals surface area (Å²) < 4.78 is 0. The highest BCUT2D eigenvalue weighted by molar-refractivity contribution is 6.30. The van der Waals surface area contributed by atoms with Crippen LogP contribution in [0.5, 0.6) is 0 Å². The quantitative estimate of drug-likeness (QED) is 0.777. The Bertz CT molecular complexity index is 392. The molecule has 0 aliphatic rings. The van der Waals surface area contributed by atoms with Gasteiger partial charge in [-0.1, -0.05) is 11.6 Å². The molecule has 1 aromatic rings. The molecule has 0 aliphatic heterocycles. The maximum absolute atomic E-state index is 11.6. The van der Waals surface area contributed by atoms with Crippen LogP contribution >= 0.6 is 11.6 Å². The summed E-state index contributed by atoms with van der Waals surface area (Å²) >= 11 is 5.69. The van der Waals surface area contributed by atoms with Gasteiger partial charge in [0, 0.05) is 10.6 Å². The zero-order chi connectivity index (χ0) is 12.7. The number of amides is 2. The van der Waals surface area contributed by atoms with Crippen LogP contribution in [0, 0.1) is 0 Å². The minimum Gasteiger partial charge on any atom is -0.343 e. The molecule has 5 nitrogen and oxygen atoms in total. The monoisotopic (exact) mass is 256 g/mol. The van der Waals surface area contributed by atoms with Crippen molar-refractivity contribution in [1.29, 1.82) is 0 Å². The highest BCUT2D eigenvalue weighted by Gasteiger charge is 2.07. The van der Waals surface area contributed by atoms with Crippen LogP contribution in [0.2, 0.25) is 5.02 Å². The Morgan fingerprint density at radius 2 is 1.94 bits per heavy atom. The van der Waals surface area contributed by atoms with Crippen molar-refractivity contribution in [1.82, 2.24) is 10.8 Å². The fourth-order valence-corrected chi connectivity index (χ4v) is 1.18. The zero-order valence-corrected chi connectivity index (χ0v) is 10.1. The van der Waals surface area contributed by atoms with E-state index in [1.807, 2.05) is 0 Å². The van der Waals surface area contributed by atoms with Gasteiger partial charge in [0.1, 0.15) is 0 Å². The third-order valence-corrected chi connectivity index (χ3v) is 2.10. The summed E-state index contributed by atoms with van der Waals surface area (Å²) in [7, 11) is 0. The van der Waals surface area contributed by atoms with E-state index in [4.69, 9.17) is 11.6 Å². The number of carbonyl (C=O) groups excluding carboxylic acids is 2. The molecule has 92 valence electrons. The van der Waals surface area contributed by atoms with Crippen LogP contribution in [0.15, 0.2) is 24.3 Å². The first kappa shape index (κ1) is 13.5. The van der Waals surface area contributed by atoms with Gasteiger partial charge in [-0.25, -0.2) is 5.48 Å². The van der Waals surface area contributed by atoms with Crippen LogP contribution in [0.3, 0.4) is 0 Å². The zero-order valence-electron chi connectivity index (χ0n) is 9.33. The van der Waals surface area contributed by atoms with Crippen molar-refractivity contribution in [3.05, 3.63) is 34.9 Å². The van der Waals surface area contributed by atoms with Crippen molar-refractivity contribution in [2.45, 2.75) is 6.92 Å². The Morgan fingerprint density at radius 3 is 2.53 bits per heavy atom. The summed E-state index contributed by atoms with van der Waals surface area (Å²) in [5, 5.41) is 3.00. The fraction of sp³-hybridized carbons (Fsp3) is 0.273. The maximum atomic E-state index is 11.6. The predicted molar refractivity (Wildman–Crippen MR) is 63.6 cm³/mol. The van der Waals surface area contributed by atoms with Crippen LogP contribution in [0.1, 0.15) is 17.3 Å². The van der Waals surface area contributed by atoms with Gasteiger partial charge in [0.05, 0.1) is 13.2 Å². The van der Waals surface area contributed by atoms with E-state index >= 15 is 0 Å². The summed E-state index contributed by atoms with van der Waals surface area (Å²) in [5.41, 5.74) is 2.62. The molecule has 0 aliphatic carbocycles. The maximum Gasteiger partial charge on any atom is 0.262 e. The molecule has 0 saturated carbocycles. The fourth-order valence-electron chi connectivity index (χ4n) is 1.05. The van der Waals surface area contributed by atoms with Crippen LogP contribution in [-0.2, 0) is 9.63 Å². The van der Waals surface area contributed by atoms with Crippen LogP contribution in [0.4, 0.5) is 0 Å². The van der Waals surface area contributed by atoms with Crippen molar-refractivity contribution in [3.8, 4) is 0 Å². The molecule has 6 heteroatoms. The standard InChI is InChI=1S/C11H13ClN2O3/c1-2-17-14-10(15)7-13-11(16)8-3-5-9(12)6-4-8/h3-6H,2,7H2,1H3,(H,13,16)(H,14,15). The Hall–Kier alpha value is -1.59. The lowest BCUT2D eigenvalue weighted by atomic mass is 10.2. The van der Waals surface area contributed by atoms with Gasteiger partial charge in [-0.2, -0.15) is 0 Å². The van der Waals surface area contributed by atoms with Gasteiger partial charge in [0.25, 0.3) is 11.8 Å². The third-order valence-electron chi connectivity index (χ3n) is 1.85. The summed E-state index contributed by atoms with van der Waals surface area (Å²) in [6.45, 7) is 1.98. The van der Waals surface area contributed by atoms with E-state index in [1.165, 1.54) is 0 Å². The number of benzene rings is 1. The van der Waals surface area contributed by atoms with E-state index in [0.29, 0.717) is 17.2 Å². The van der Waals surface area contributed by atoms with Gasteiger partial charge in [0.2, 0.25) is 0 Å². The second-order valence-electron chi connectivity index (χ2n) is 3.15. The number of rotatable bonds is 5. The normalized spacial score (nSPS) is 9.76. The van der Waals surface area contributed by atoms with Crippen LogP contribution in [0.25, 0.3) is 0 Å². The molecular formula is C11H13ClN2O3. The number of halogens is 1. The van der Waals surface area contributed by atoms with Crippen molar-refractivity contribution in [2.24, 2.45) is 0 Å². The number of hydrogen-bond acceptors (Lipinski definition) is 3. The summed E-state index contributed by atoms with van der Waals surface area (Å²) in [6.07, 6.45) is 0. The lowest BCUT2D eigenvalue weighted by Gasteiger charge is -2.06. The van der Waals surface area contributed by atoms with E-state index < -0.39 is 5.91 Å². The Labute approximate surface area is 104 Å². The van der Waals surface area contributed by atoms with Gasteiger partial charge in [-0.15, -0.1) is 0 Å². The lowest BCUT2D eigenvalue weighted by Crippen LogP contribution is -2.36. The van der Waals surface area contributed by atoms with Crippen LogP contribution in [-0.4, -0.2) is 25.0 Å². The van der Waals surface area contributed by atoms with Gasteiger partial charge in [0.15, 0.2) is 0 Å². The summed E-state index contributed by atoms with van der Waals surface area (Å²) in [4.78, 5) is 27.4. The van der Waals surface area contributed by atoms with E-state index in [1.54, 1.807) is 31.2 Å². The lowest BCUT2D eigenvalue weighted by molar-refractivity contribution is -0.132. The molecule has 0 atom stereocenters. The molecule has 0 bridgehead atoms. The second kappa shape index (κ2) is 6.88. The highest BCUT2D eigenvalue weighted by atomic mass is 35.5. The minimum atomic E-state index is -0.408. The molecule has 1 aromatic carbocycles. The first-order valence-corrected chi connectivity index (χ1v) is 5.45. The Balaban J connectivity index is 2.39. The average Bonchev–Trinajstić information content (AvgIpc) is 2.34. The van der Waals surface area contributed by atoms with E-state index in [2.05, 4.69) is 15.6 Å². The molecule has 0 fully saturated rings. The van der Waals surface area contributed by atoms with Crippen molar-refractivity contribution in [3.63, 3.8) is 0 Å². The molecule has 0 aromatic heterocycles. The average molecular weight is 257 g/mol. The number of hydroxylamine groups is 1. The largest absolute Gasteiger partial charge is 0.343 e. The molecule has 2 N–H and O–H groups in total. The molecule has 0 unspecified atom stereocenters. The molecular weight excluding hydrogens is 244 g/mol. The topological polar surface area (TPSA) is 67.4 Å². The van der Waals surface area contributed by atoms with E-state index in [0.717, 1.165) is 0 Å². The van der Waals surface area contributed by atoms with Gasteiger partial charge >= 0.3 is 0 Å². The van der Waals surface area contributed by atoms with E-state index in [9.17, 15) is 9.59 Å². The summed E-state index contributed by atoms with van der Waals surface area (Å²) in [6, 6.07) is 6.38. The molecule has 0 radical (unpaired) electrons. The highest BCUT2D eigenvalue weighted by Crippen LogP contribution is 2.08. The third kappa shape index (κ3) is 4.84. The van der Waals surface area contributed by atoms with E-state index in [-0.39, 0.29) is 12.5 Å². The molecule has 2 amide bonds. The second-order valence-corrected chi connectivity index (χ2v) is 3.58. The number of hydrogen-bond donors (Lipinski definition) is 2. The SMILES string of the molecule is CCONC(=O)CNC(=O)c1ccc(Cl)cc1. The smallest absolute Gasteiger partial charge is 0.262 e. The summed E-state index contributed by atoms with van der Waals surface area (Å²) in [5.74, 6) is -0.748. The number of nitrogens with one attached hydrogen (secondary N) is 2. The van der Waals surface area contributed by atoms with Gasteiger partial charge < -0.3 is 5.32 Å². The first-order valence-electron chi connectivity index (χ1n) is 5.08. The first-order chi connectivity index (χ1) is 8.13. The van der Waals surface area contributed by atoms with Crippen molar-refractivity contribution < 1.29 is 14.4 Å².